The number of ether oxygens (including phenoxy) is 1. The molecule has 0 aliphatic heterocycles. The van der Waals surface area contributed by atoms with Crippen molar-refractivity contribution in [2.24, 2.45) is 17.6 Å². The van der Waals surface area contributed by atoms with Crippen molar-refractivity contribution < 1.29 is 9.53 Å². The summed E-state index contributed by atoms with van der Waals surface area (Å²) in [5.41, 5.74) is 5.68. The molecule has 0 aliphatic carbocycles. The van der Waals surface area contributed by atoms with E-state index in [9.17, 15) is 4.79 Å². The summed E-state index contributed by atoms with van der Waals surface area (Å²) in [6.07, 6.45) is 1.52. The van der Waals surface area contributed by atoms with Crippen molar-refractivity contribution in [3.05, 3.63) is 0 Å². The minimum atomic E-state index is 0.0694. The van der Waals surface area contributed by atoms with Gasteiger partial charge in [0.1, 0.15) is 0 Å². The zero-order valence-electron chi connectivity index (χ0n) is 11.7. The van der Waals surface area contributed by atoms with Crippen molar-refractivity contribution in [2.45, 2.75) is 46.6 Å². The maximum absolute atomic E-state index is 11.7. The third-order valence-electron chi connectivity index (χ3n) is 2.59. The molecule has 0 saturated heterocycles. The van der Waals surface area contributed by atoms with Crippen molar-refractivity contribution in [1.82, 2.24) is 5.32 Å². The van der Waals surface area contributed by atoms with Crippen molar-refractivity contribution in [1.29, 1.82) is 0 Å². The standard InChI is InChI=1S/C13H28N2O2/c1-5-17-9-11(4)15-13(16)7-12(8-14)6-10(2)3/h10-12H,5-9,14H2,1-4H3,(H,15,16). The second-order valence-electron chi connectivity index (χ2n) is 5.06. The Bertz CT molecular complexity index is 208. The summed E-state index contributed by atoms with van der Waals surface area (Å²) in [4.78, 5) is 11.7. The van der Waals surface area contributed by atoms with Crippen LogP contribution in [0.4, 0.5) is 0 Å². The average molecular weight is 244 g/mol. The van der Waals surface area contributed by atoms with Gasteiger partial charge in [-0.25, -0.2) is 0 Å². The Morgan fingerprint density at radius 3 is 2.47 bits per heavy atom. The predicted molar refractivity (Wildman–Crippen MR) is 70.7 cm³/mol. The highest BCUT2D eigenvalue weighted by Crippen LogP contribution is 2.14. The average Bonchev–Trinajstić information content (AvgIpc) is 2.24. The van der Waals surface area contributed by atoms with Gasteiger partial charge in [-0.1, -0.05) is 13.8 Å². The Morgan fingerprint density at radius 1 is 1.35 bits per heavy atom. The van der Waals surface area contributed by atoms with Gasteiger partial charge in [-0.05, 0) is 38.6 Å². The van der Waals surface area contributed by atoms with Gasteiger partial charge in [0, 0.05) is 19.1 Å². The first-order valence-electron chi connectivity index (χ1n) is 6.56. The molecule has 2 unspecified atom stereocenters. The van der Waals surface area contributed by atoms with Gasteiger partial charge in [-0.2, -0.15) is 0 Å². The van der Waals surface area contributed by atoms with Crippen molar-refractivity contribution in [3.63, 3.8) is 0 Å². The third-order valence-corrected chi connectivity index (χ3v) is 2.59. The molecule has 17 heavy (non-hydrogen) atoms. The third kappa shape index (κ3) is 9.12. The largest absolute Gasteiger partial charge is 0.380 e. The van der Waals surface area contributed by atoms with Crippen LogP contribution in [0.5, 0.6) is 0 Å². The van der Waals surface area contributed by atoms with Gasteiger partial charge < -0.3 is 15.8 Å². The van der Waals surface area contributed by atoms with Crippen LogP contribution in [0.15, 0.2) is 0 Å². The number of hydrogen-bond acceptors (Lipinski definition) is 3. The van der Waals surface area contributed by atoms with Gasteiger partial charge >= 0.3 is 0 Å². The maximum Gasteiger partial charge on any atom is 0.220 e. The molecule has 0 bridgehead atoms. The number of rotatable bonds is 9. The van der Waals surface area contributed by atoms with Crippen LogP contribution >= 0.6 is 0 Å². The molecule has 1 amide bonds. The summed E-state index contributed by atoms with van der Waals surface area (Å²) in [5, 5.41) is 2.93. The lowest BCUT2D eigenvalue weighted by molar-refractivity contribution is -0.123. The lowest BCUT2D eigenvalue weighted by Gasteiger charge is -2.19. The summed E-state index contributed by atoms with van der Waals surface area (Å²) >= 11 is 0. The van der Waals surface area contributed by atoms with Crippen molar-refractivity contribution >= 4 is 5.91 Å². The second-order valence-corrected chi connectivity index (χ2v) is 5.06. The molecule has 0 heterocycles. The van der Waals surface area contributed by atoms with Gasteiger partial charge in [0.25, 0.3) is 0 Å². The zero-order chi connectivity index (χ0) is 13.3. The Kier molecular flexibility index (Phi) is 9.09. The zero-order valence-corrected chi connectivity index (χ0v) is 11.7. The maximum atomic E-state index is 11.7. The number of nitrogens with one attached hydrogen (secondary N) is 1. The van der Waals surface area contributed by atoms with E-state index in [1.165, 1.54) is 0 Å². The molecule has 0 radical (unpaired) electrons. The fourth-order valence-corrected chi connectivity index (χ4v) is 1.86. The lowest BCUT2D eigenvalue weighted by atomic mass is 9.94. The molecule has 3 N–H and O–H groups in total. The van der Waals surface area contributed by atoms with Crippen LogP contribution in [0.3, 0.4) is 0 Å². The fourth-order valence-electron chi connectivity index (χ4n) is 1.86. The topological polar surface area (TPSA) is 64.3 Å². The summed E-state index contributed by atoms with van der Waals surface area (Å²) in [7, 11) is 0. The highest BCUT2D eigenvalue weighted by Gasteiger charge is 2.15. The number of carbonyl (C=O) groups excluding carboxylic acids is 1. The number of nitrogens with two attached hydrogens (primary N) is 1. The van der Waals surface area contributed by atoms with Crippen LogP contribution in [0.2, 0.25) is 0 Å². The van der Waals surface area contributed by atoms with Crippen LogP contribution in [0.25, 0.3) is 0 Å². The number of carbonyl (C=O) groups is 1. The van der Waals surface area contributed by atoms with Gasteiger partial charge in [0.2, 0.25) is 5.91 Å². The monoisotopic (exact) mass is 244 g/mol. The molecular weight excluding hydrogens is 216 g/mol. The smallest absolute Gasteiger partial charge is 0.220 e. The summed E-state index contributed by atoms with van der Waals surface area (Å²) < 4.78 is 5.25. The van der Waals surface area contributed by atoms with E-state index < -0.39 is 0 Å². The SMILES string of the molecule is CCOCC(C)NC(=O)CC(CN)CC(C)C. The molecule has 2 atom stereocenters. The summed E-state index contributed by atoms with van der Waals surface area (Å²) in [5.74, 6) is 0.944. The fraction of sp³-hybridized carbons (Fsp3) is 0.923. The first-order valence-corrected chi connectivity index (χ1v) is 6.56. The molecular formula is C13H28N2O2. The van der Waals surface area contributed by atoms with E-state index in [1.807, 2.05) is 13.8 Å². The highest BCUT2D eigenvalue weighted by atomic mass is 16.5. The summed E-state index contributed by atoms with van der Waals surface area (Å²) in [6.45, 7) is 10.0. The van der Waals surface area contributed by atoms with E-state index in [-0.39, 0.29) is 17.9 Å². The molecule has 0 spiro atoms. The molecule has 0 saturated carbocycles. The van der Waals surface area contributed by atoms with Gasteiger partial charge in [-0.15, -0.1) is 0 Å². The molecule has 4 nitrogen and oxygen atoms in total. The first-order chi connectivity index (χ1) is 7.99. The molecule has 102 valence electrons. The van der Waals surface area contributed by atoms with Gasteiger partial charge in [0.05, 0.1) is 6.61 Å². The van der Waals surface area contributed by atoms with Crippen molar-refractivity contribution in [3.8, 4) is 0 Å². The minimum Gasteiger partial charge on any atom is -0.380 e. The molecule has 0 aliphatic rings. The second kappa shape index (κ2) is 9.42. The van der Waals surface area contributed by atoms with E-state index in [1.54, 1.807) is 0 Å². The highest BCUT2D eigenvalue weighted by molar-refractivity contribution is 5.76. The van der Waals surface area contributed by atoms with E-state index in [0.29, 0.717) is 32.1 Å². The number of hydrogen-bond donors (Lipinski definition) is 2. The van der Waals surface area contributed by atoms with Crippen LogP contribution in [0.1, 0.15) is 40.5 Å². The molecule has 0 fully saturated rings. The minimum absolute atomic E-state index is 0.0694. The molecule has 0 aromatic rings. The Labute approximate surface area is 105 Å². The van der Waals surface area contributed by atoms with Crippen LogP contribution < -0.4 is 11.1 Å². The van der Waals surface area contributed by atoms with Crippen molar-refractivity contribution in [2.75, 3.05) is 19.8 Å². The Morgan fingerprint density at radius 2 is 2.00 bits per heavy atom. The Balaban J connectivity index is 3.89. The van der Waals surface area contributed by atoms with E-state index in [0.717, 1.165) is 6.42 Å². The first kappa shape index (κ1) is 16.4. The molecule has 4 heteroatoms. The van der Waals surface area contributed by atoms with Crippen LogP contribution in [0, 0.1) is 11.8 Å². The Hall–Kier alpha value is -0.610. The van der Waals surface area contributed by atoms with E-state index in [2.05, 4.69) is 19.2 Å². The quantitative estimate of drug-likeness (QED) is 0.646. The van der Waals surface area contributed by atoms with Crippen LogP contribution in [-0.4, -0.2) is 31.7 Å². The summed E-state index contributed by atoms with van der Waals surface area (Å²) in [6, 6.07) is 0.0694. The van der Waals surface area contributed by atoms with Gasteiger partial charge in [-0.3, -0.25) is 4.79 Å². The predicted octanol–water partition coefficient (Wildman–Crippen LogP) is 1.54. The van der Waals surface area contributed by atoms with Crippen LogP contribution in [-0.2, 0) is 9.53 Å². The van der Waals surface area contributed by atoms with E-state index >= 15 is 0 Å². The normalized spacial score (nSPS) is 14.7. The van der Waals surface area contributed by atoms with Gasteiger partial charge in [0.15, 0.2) is 0 Å². The lowest BCUT2D eigenvalue weighted by Crippen LogP contribution is -2.37. The van der Waals surface area contributed by atoms with E-state index in [4.69, 9.17) is 10.5 Å². The number of amides is 1. The molecule has 0 aromatic carbocycles. The molecule has 0 aromatic heterocycles. The molecule has 0 rings (SSSR count).